The first-order valence-corrected chi connectivity index (χ1v) is 12.9. The van der Waals surface area contributed by atoms with Crippen LogP contribution in [0.25, 0.3) is 11.1 Å². The maximum absolute atomic E-state index is 13.2. The Hall–Kier alpha value is -3.67. The first-order chi connectivity index (χ1) is 18.0. The third-order valence-corrected chi connectivity index (χ3v) is 6.29. The zero-order valence-corrected chi connectivity index (χ0v) is 21.7. The topological polar surface area (TPSA) is 64.6 Å². The van der Waals surface area contributed by atoms with Crippen molar-refractivity contribution in [2.24, 2.45) is 0 Å². The number of carbonyl (C=O) groups is 2. The van der Waals surface area contributed by atoms with Crippen LogP contribution in [0.15, 0.2) is 66.7 Å². The maximum Gasteiger partial charge on any atom is 0.307 e. The lowest BCUT2D eigenvalue weighted by Crippen LogP contribution is -2.26. The fraction of sp³-hybridized carbons (Fsp3) is 0.355. The fourth-order valence-electron chi connectivity index (χ4n) is 4.14. The molecule has 6 heteroatoms. The zero-order valence-electron chi connectivity index (χ0n) is 21.7. The lowest BCUT2D eigenvalue weighted by atomic mass is 10.0. The van der Waals surface area contributed by atoms with Crippen molar-refractivity contribution in [1.29, 1.82) is 0 Å². The van der Waals surface area contributed by atoms with Gasteiger partial charge in [-0.1, -0.05) is 49.6 Å². The van der Waals surface area contributed by atoms with E-state index in [-0.39, 0.29) is 30.7 Å². The van der Waals surface area contributed by atoms with Crippen molar-refractivity contribution in [3.63, 3.8) is 0 Å². The van der Waals surface area contributed by atoms with E-state index in [4.69, 9.17) is 4.74 Å². The highest BCUT2D eigenvalue weighted by Crippen LogP contribution is 2.27. The number of amides is 1. The molecule has 0 fully saturated rings. The predicted molar refractivity (Wildman–Crippen MR) is 144 cm³/mol. The molecule has 0 aliphatic carbocycles. The highest BCUT2D eigenvalue weighted by Gasteiger charge is 2.07. The van der Waals surface area contributed by atoms with E-state index in [9.17, 15) is 14.0 Å². The van der Waals surface area contributed by atoms with E-state index in [1.54, 1.807) is 12.1 Å². The van der Waals surface area contributed by atoms with E-state index in [1.165, 1.54) is 24.8 Å². The summed E-state index contributed by atoms with van der Waals surface area (Å²) in [5.41, 5.74) is 5.00. The van der Waals surface area contributed by atoms with Crippen LogP contribution >= 0.6 is 0 Å². The SMILES string of the molecule is COC(=O)CCNC(=O)c1ccc(CCCCCCCOc2ccc(-c3ccc(F)cc3)c(C)c2)cc1. The Morgan fingerprint density at radius 3 is 2.27 bits per heavy atom. The van der Waals surface area contributed by atoms with Crippen LogP contribution in [0.3, 0.4) is 0 Å². The van der Waals surface area contributed by atoms with Gasteiger partial charge in [0, 0.05) is 12.1 Å². The van der Waals surface area contributed by atoms with Crippen LogP contribution in [-0.2, 0) is 16.0 Å². The van der Waals surface area contributed by atoms with Crippen molar-refractivity contribution < 1.29 is 23.5 Å². The minimum Gasteiger partial charge on any atom is -0.494 e. The lowest BCUT2D eigenvalue weighted by molar-refractivity contribution is -0.140. The highest BCUT2D eigenvalue weighted by molar-refractivity contribution is 5.94. The monoisotopic (exact) mass is 505 g/mol. The van der Waals surface area contributed by atoms with Crippen molar-refractivity contribution in [2.45, 2.75) is 51.9 Å². The molecule has 0 heterocycles. The summed E-state index contributed by atoms with van der Waals surface area (Å²) in [7, 11) is 1.33. The van der Waals surface area contributed by atoms with E-state index in [0.717, 1.165) is 61.0 Å². The number of methoxy groups -OCH3 is 1. The molecule has 37 heavy (non-hydrogen) atoms. The molecule has 0 bridgehead atoms. The van der Waals surface area contributed by atoms with E-state index in [2.05, 4.69) is 10.1 Å². The Morgan fingerprint density at radius 1 is 0.865 bits per heavy atom. The summed E-state index contributed by atoms with van der Waals surface area (Å²) in [4.78, 5) is 23.2. The molecule has 1 N–H and O–H groups in total. The second kappa shape index (κ2) is 14.8. The molecule has 0 aromatic heterocycles. The molecule has 0 spiro atoms. The van der Waals surface area contributed by atoms with Crippen LogP contribution in [0.4, 0.5) is 4.39 Å². The molecule has 1 amide bonds. The zero-order chi connectivity index (χ0) is 26.5. The average Bonchev–Trinajstić information content (AvgIpc) is 2.91. The molecule has 0 atom stereocenters. The van der Waals surface area contributed by atoms with Crippen LogP contribution in [-0.4, -0.2) is 32.1 Å². The number of benzene rings is 3. The summed E-state index contributed by atoms with van der Waals surface area (Å²) in [6.45, 7) is 3.00. The van der Waals surface area contributed by atoms with Gasteiger partial charge in [0.15, 0.2) is 0 Å². The minimum absolute atomic E-state index is 0.165. The molecule has 3 aromatic rings. The second-order valence-corrected chi connectivity index (χ2v) is 9.13. The number of rotatable bonds is 14. The molecule has 0 saturated carbocycles. The smallest absolute Gasteiger partial charge is 0.307 e. The quantitative estimate of drug-likeness (QED) is 0.196. The van der Waals surface area contributed by atoms with Gasteiger partial charge in [-0.05, 0) is 84.8 Å². The van der Waals surface area contributed by atoms with Gasteiger partial charge in [-0.2, -0.15) is 0 Å². The molecule has 0 radical (unpaired) electrons. The van der Waals surface area contributed by atoms with Gasteiger partial charge in [-0.25, -0.2) is 4.39 Å². The minimum atomic E-state index is -0.340. The van der Waals surface area contributed by atoms with Gasteiger partial charge in [-0.3, -0.25) is 9.59 Å². The Kier molecular flexibility index (Phi) is 11.2. The molecule has 0 aliphatic rings. The average molecular weight is 506 g/mol. The summed E-state index contributed by atoms with van der Waals surface area (Å²) in [5.74, 6) is 0.111. The number of esters is 1. The largest absolute Gasteiger partial charge is 0.494 e. The third-order valence-electron chi connectivity index (χ3n) is 6.29. The summed E-state index contributed by atoms with van der Waals surface area (Å²) >= 11 is 0. The standard InChI is InChI=1S/C31H36FNO4/c1-23-22-28(17-18-29(23)25-13-15-27(32)16-14-25)37-21-7-5-3-4-6-8-24-9-11-26(12-10-24)31(35)33-20-19-30(34)36-2/h9-18,22H,3-8,19-21H2,1-2H3,(H,33,35). The van der Waals surface area contributed by atoms with Gasteiger partial charge in [0.2, 0.25) is 0 Å². The van der Waals surface area contributed by atoms with E-state index in [0.29, 0.717) is 12.2 Å². The number of carbonyl (C=O) groups excluding carboxylic acids is 2. The van der Waals surface area contributed by atoms with Crippen LogP contribution in [0.2, 0.25) is 0 Å². The first kappa shape index (κ1) is 27.9. The van der Waals surface area contributed by atoms with Crippen molar-refractivity contribution in [3.05, 3.63) is 89.2 Å². The Balaban J connectivity index is 1.27. The molecular formula is C31H36FNO4. The number of nitrogens with one attached hydrogen (secondary N) is 1. The molecule has 0 unspecified atom stereocenters. The van der Waals surface area contributed by atoms with Crippen molar-refractivity contribution in [3.8, 4) is 16.9 Å². The van der Waals surface area contributed by atoms with Crippen molar-refractivity contribution >= 4 is 11.9 Å². The van der Waals surface area contributed by atoms with Crippen LogP contribution < -0.4 is 10.1 Å². The number of hydrogen-bond acceptors (Lipinski definition) is 4. The van der Waals surface area contributed by atoms with Gasteiger partial charge in [-0.15, -0.1) is 0 Å². The summed E-state index contributed by atoms with van der Waals surface area (Å²) in [6.07, 6.45) is 6.71. The van der Waals surface area contributed by atoms with Gasteiger partial charge in [0.25, 0.3) is 5.91 Å². The van der Waals surface area contributed by atoms with Gasteiger partial charge >= 0.3 is 5.97 Å². The second-order valence-electron chi connectivity index (χ2n) is 9.13. The normalized spacial score (nSPS) is 10.7. The maximum atomic E-state index is 13.2. The molecule has 0 saturated heterocycles. The van der Waals surface area contributed by atoms with E-state index in [1.807, 2.05) is 49.4 Å². The molecular weight excluding hydrogens is 469 g/mol. The molecule has 5 nitrogen and oxygen atoms in total. The Labute approximate surface area is 219 Å². The van der Waals surface area contributed by atoms with E-state index >= 15 is 0 Å². The Bertz CT molecular complexity index is 1140. The number of hydrogen-bond donors (Lipinski definition) is 1. The molecule has 196 valence electrons. The molecule has 0 aliphatic heterocycles. The van der Waals surface area contributed by atoms with Crippen LogP contribution in [0.1, 0.15) is 60.0 Å². The van der Waals surface area contributed by atoms with Gasteiger partial charge < -0.3 is 14.8 Å². The van der Waals surface area contributed by atoms with Gasteiger partial charge in [0.1, 0.15) is 11.6 Å². The molecule has 3 aromatic carbocycles. The van der Waals surface area contributed by atoms with E-state index < -0.39 is 0 Å². The highest BCUT2D eigenvalue weighted by atomic mass is 19.1. The number of unbranched alkanes of at least 4 members (excludes halogenated alkanes) is 4. The Morgan fingerprint density at radius 2 is 1.57 bits per heavy atom. The van der Waals surface area contributed by atoms with Crippen molar-refractivity contribution in [2.75, 3.05) is 20.3 Å². The van der Waals surface area contributed by atoms with Crippen LogP contribution in [0.5, 0.6) is 5.75 Å². The fourth-order valence-corrected chi connectivity index (χ4v) is 4.14. The lowest BCUT2D eigenvalue weighted by Gasteiger charge is -2.11. The summed E-state index contributed by atoms with van der Waals surface area (Å²) < 4.78 is 23.7. The van der Waals surface area contributed by atoms with Crippen LogP contribution in [0, 0.1) is 12.7 Å². The van der Waals surface area contributed by atoms with Crippen molar-refractivity contribution in [1.82, 2.24) is 5.32 Å². The third kappa shape index (κ3) is 9.37. The number of aryl methyl sites for hydroxylation is 2. The summed E-state index contributed by atoms with van der Waals surface area (Å²) in [5, 5.41) is 2.72. The first-order valence-electron chi connectivity index (χ1n) is 12.9. The molecule has 3 rings (SSSR count). The summed E-state index contributed by atoms with van der Waals surface area (Å²) in [6, 6.07) is 20.2. The number of ether oxygens (including phenoxy) is 2. The number of halogens is 1. The van der Waals surface area contributed by atoms with Gasteiger partial charge in [0.05, 0.1) is 20.1 Å². The predicted octanol–water partition coefficient (Wildman–Crippen LogP) is 6.67.